The average Bonchev–Trinajstić information content (AvgIpc) is 2.46. The zero-order valence-corrected chi connectivity index (χ0v) is 12.7. The van der Waals surface area contributed by atoms with Gasteiger partial charge < -0.3 is 10.2 Å². The fourth-order valence-electron chi connectivity index (χ4n) is 2.29. The molecule has 1 N–H and O–H groups in total. The van der Waals surface area contributed by atoms with Crippen LogP contribution in [0.1, 0.15) is 18.4 Å². The van der Waals surface area contributed by atoms with Crippen molar-refractivity contribution < 1.29 is 4.79 Å². The van der Waals surface area contributed by atoms with Crippen LogP contribution >= 0.6 is 15.9 Å². The molecule has 1 aliphatic rings. The molecule has 3 nitrogen and oxygen atoms in total. The number of likely N-dealkylation sites (tertiary alicyclic amines) is 1. The van der Waals surface area contributed by atoms with Crippen molar-refractivity contribution in [1.29, 1.82) is 0 Å². The lowest BCUT2D eigenvalue weighted by molar-refractivity contribution is -0.127. The Balaban J connectivity index is 1.99. The highest BCUT2D eigenvalue weighted by molar-refractivity contribution is 9.10. The molecule has 0 aromatic heterocycles. The van der Waals surface area contributed by atoms with E-state index in [0.29, 0.717) is 6.04 Å². The first-order valence-corrected chi connectivity index (χ1v) is 7.39. The van der Waals surface area contributed by atoms with E-state index in [-0.39, 0.29) is 5.91 Å². The standard InChI is InChI=1S/C15H19BrN2O/c1-17-13-6-4-10-18(11-13)15(19)9-8-12-5-2-3-7-14(12)16/h2-3,5,7-9,13,17H,4,6,10-11H2,1H3. The van der Waals surface area contributed by atoms with E-state index in [0.717, 1.165) is 36.0 Å². The molecule has 1 saturated heterocycles. The number of benzene rings is 1. The first kappa shape index (κ1) is 14.3. The minimum Gasteiger partial charge on any atom is -0.338 e. The van der Waals surface area contributed by atoms with Crippen LogP contribution in [0, 0.1) is 0 Å². The van der Waals surface area contributed by atoms with Crippen LogP contribution in [0.5, 0.6) is 0 Å². The predicted molar refractivity (Wildman–Crippen MR) is 81.8 cm³/mol. The van der Waals surface area contributed by atoms with Gasteiger partial charge in [0.1, 0.15) is 0 Å². The maximum atomic E-state index is 12.1. The van der Waals surface area contributed by atoms with Gasteiger partial charge >= 0.3 is 0 Å². The molecule has 102 valence electrons. The highest BCUT2D eigenvalue weighted by Gasteiger charge is 2.20. The van der Waals surface area contributed by atoms with E-state index in [2.05, 4.69) is 21.2 Å². The molecule has 0 aliphatic carbocycles. The second kappa shape index (κ2) is 6.87. The number of piperidine rings is 1. The molecule has 1 aromatic carbocycles. The number of hydrogen-bond donors (Lipinski definition) is 1. The van der Waals surface area contributed by atoms with Crippen LogP contribution in [0.4, 0.5) is 0 Å². The van der Waals surface area contributed by atoms with Crippen molar-refractivity contribution in [3.8, 4) is 0 Å². The van der Waals surface area contributed by atoms with Crippen molar-refractivity contribution in [3.63, 3.8) is 0 Å². The number of carbonyl (C=O) groups is 1. The second-order valence-corrected chi connectivity index (χ2v) is 5.62. The summed E-state index contributed by atoms with van der Waals surface area (Å²) in [6, 6.07) is 8.32. The van der Waals surface area contributed by atoms with E-state index in [1.165, 1.54) is 0 Å². The number of halogens is 1. The Bertz CT molecular complexity index is 473. The van der Waals surface area contributed by atoms with Crippen molar-refractivity contribution in [2.75, 3.05) is 20.1 Å². The topological polar surface area (TPSA) is 32.3 Å². The average molecular weight is 323 g/mol. The molecule has 0 saturated carbocycles. The molecule has 0 radical (unpaired) electrons. The number of carbonyl (C=O) groups excluding carboxylic acids is 1. The zero-order valence-electron chi connectivity index (χ0n) is 11.1. The molecule has 1 unspecified atom stereocenters. The second-order valence-electron chi connectivity index (χ2n) is 4.77. The Kier molecular flexibility index (Phi) is 5.16. The first-order chi connectivity index (χ1) is 9.20. The molecule has 1 aliphatic heterocycles. The van der Waals surface area contributed by atoms with Crippen molar-refractivity contribution in [3.05, 3.63) is 40.4 Å². The normalized spacial score (nSPS) is 19.9. The molecule has 0 spiro atoms. The summed E-state index contributed by atoms with van der Waals surface area (Å²) in [5.41, 5.74) is 1.03. The molecule has 1 fully saturated rings. The summed E-state index contributed by atoms with van der Waals surface area (Å²) in [5, 5.41) is 3.25. The Labute approximate surface area is 122 Å². The molecular formula is C15H19BrN2O. The van der Waals surface area contributed by atoms with Gasteiger partial charge in [0.25, 0.3) is 0 Å². The summed E-state index contributed by atoms with van der Waals surface area (Å²) in [6.07, 6.45) is 5.75. The summed E-state index contributed by atoms with van der Waals surface area (Å²) in [4.78, 5) is 14.1. The molecule has 19 heavy (non-hydrogen) atoms. The molecule has 1 aromatic rings. The number of likely N-dealkylation sites (N-methyl/N-ethyl adjacent to an activating group) is 1. The van der Waals surface area contributed by atoms with Gasteiger partial charge in [0.15, 0.2) is 0 Å². The SMILES string of the molecule is CNC1CCCN(C(=O)C=Cc2ccccc2Br)C1. The predicted octanol–water partition coefficient (Wildman–Crippen LogP) is 2.67. The first-order valence-electron chi connectivity index (χ1n) is 6.59. The van der Waals surface area contributed by atoms with Crippen molar-refractivity contribution >= 4 is 27.9 Å². The molecule has 2 rings (SSSR count). The van der Waals surface area contributed by atoms with Crippen molar-refractivity contribution in [1.82, 2.24) is 10.2 Å². The van der Waals surface area contributed by atoms with Crippen LogP contribution in [0.15, 0.2) is 34.8 Å². The summed E-state index contributed by atoms with van der Waals surface area (Å²) < 4.78 is 1.01. The van der Waals surface area contributed by atoms with Gasteiger partial charge in [0, 0.05) is 29.7 Å². The molecule has 1 amide bonds. The fourth-order valence-corrected chi connectivity index (χ4v) is 2.71. The lowest BCUT2D eigenvalue weighted by Crippen LogP contribution is -2.46. The van der Waals surface area contributed by atoms with Gasteiger partial charge in [-0.1, -0.05) is 34.1 Å². The van der Waals surface area contributed by atoms with Crippen LogP contribution in [-0.4, -0.2) is 37.0 Å². The van der Waals surface area contributed by atoms with Crippen LogP contribution in [0.3, 0.4) is 0 Å². The lowest BCUT2D eigenvalue weighted by Gasteiger charge is -2.31. The van der Waals surface area contributed by atoms with Crippen LogP contribution in [0.2, 0.25) is 0 Å². The summed E-state index contributed by atoms with van der Waals surface area (Å²) in [6.45, 7) is 1.66. The quantitative estimate of drug-likeness (QED) is 0.868. The van der Waals surface area contributed by atoms with Crippen LogP contribution in [-0.2, 0) is 4.79 Å². The fraction of sp³-hybridized carbons (Fsp3) is 0.400. The van der Waals surface area contributed by atoms with Gasteiger partial charge in [-0.25, -0.2) is 0 Å². The minimum absolute atomic E-state index is 0.0932. The van der Waals surface area contributed by atoms with Crippen molar-refractivity contribution in [2.45, 2.75) is 18.9 Å². The van der Waals surface area contributed by atoms with Crippen LogP contribution < -0.4 is 5.32 Å². The highest BCUT2D eigenvalue weighted by Crippen LogP contribution is 2.17. The van der Waals surface area contributed by atoms with E-state index in [1.54, 1.807) is 6.08 Å². The Hall–Kier alpha value is -1.13. The molecule has 1 atom stereocenters. The Morgan fingerprint density at radius 3 is 3.00 bits per heavy atom. The number of rotatable bonds is 3. The monoisotopic (exact) mass is 322 g/mol. The zero-order chi connectivity index (χ0) is 13.7. The van der Waals surface area contributed by atoms with Crippen LogP contribution in [0.25, 0.3) is 6.08 Å². The smallest absolute Gasteiger partial charge is 0.246 e. The Morgan fingerprint density at radius 1 is 1.47 bits per heavy atom. The molecule has 0 bridgehead atoms. The van der Waals surface area contributed by atoms with Gasteiger partial charge in [-0.3, -0.25) is 4.79 Å². The number of nitrogens with one attached hydrogen (secondary N) is 1. The van der Waals surface area contributed by atoms with Gasteiger partial charge in [0.05, 0.1) is 0 Å². The van der Waals surface area contributed by atoms with E-state index < -0.39 is 0 Å². The summed E-state index contributed by atoms with van der Waals surface area (Å²) >= 11 is 3.48. The summed E-state index contributed by atoms with van der Waals surface area (Å²) in [7, 11) is 1.95. The third kappa shape index (κ3) is 3.91. The highest BCUT2D eigenvalue weighted by atomic mass is 79.9. The molecular weight excluding hydrogens is 304 g/mol. The molecule has 4 heteroatoms. The van der Waals surface area contributed by atoms with E-state index >= 15 is 0 Å². The molecule has 1 heterocycles. The maximum absolute atomic E-state index is 12.1. The third-order valence-electron chi connectivity index (χ3n) is 3.45. The van der Waals surface area contributed by atoms with Gasteiger partial charge in [-0.05, 0) is 37.6 Å². The van der Waals surface area contributed by atoms with E-state index in [9.17, 15) is 4.79 Å². The maximum Gasteiger partial charge on any atom is 0.246 e. The minimum atomic E-state index is 0.0932. The summed E-state index contributed by atoms with van der Waals surface area (Å²) in [5.74, 6) is 0.0932. The van der Waals surface area contributed by atoms with Gasteiger partial charge in [-0.15, -0.1) is 0 Å². The third-order valence-corrected chi connectivity index (χ3v) is 4.17. The van der Waals surface area contributed by atoms with Gasteiger partial charge in [-0.2, -0.15) is 0 Å². The van der Waals surface area contributed by atoms with Gasteiger partial charge in [0.2, 0.25) is 5.91 Å². The Morgan fingerprint density at radius 2 is 2.26 bits per heavy atom. The lowest BCUT2D eigenvalue weighted by atomic mass is 10.1. The van der Waals surface area contributed by atoms with E-state index in [4.69, 9.17) is 0 Å². The van der Waals surface area contributed by atoms with Crippen molar-refractivity contribution in [2.24, 2.45) is 0 Å². The largest absolute Gasteiger partial charge is 0.338 e. The number of nitrogens with zero attached hydrogens (tertiary/aromatic N) is 1. The number of hydrogen-bond acceptors (Lipinski definition) is 2. The number of amides is 1. The van der Waals surface area contributed by atoms with E-state index in [1.807, 2.05) is 42.3 Å².